The molecule has 15 heavy (non-hydrogen) atoms. The molecule has 1 N–H and O–H groups in total. The van der Waals surface area contributed by atoms with Gasteiger partial charge in [0.25, 0.3) is 0 Å². The Labute approximate surface area is 98.2 Å². The van der Waals surface area contributed by atoms with Crippen LogP contribution in [0.15, 0.2) is 28.7 Å². The molecule has 2 atom stereocenters. The Morgan fingerprint density at radius 3 is 2.87 bits per heavy atom. The van der Waals surface area contributed by atoms with Crippen LogP contribution in [-0.4, -0.2) is 13.1 Å². The highest BCUT2D eigenvalue weighted by atomic mass is 79.9. The molecule has 2 rings (SSSR count). The largest absolute Gasteiger partial charge is 0.316 e. The van der Waals surface area contributed by atoms with Crippen LogP contribution in [0.3, 0.4) is 0 Å². The van der Waals surface area contributed by atoms with Crippen molar-refractivity contribution in [2.24, 2.45) is 5.92 Å². The fourth-order valence-corrected chi connectivity index (χ4v) is 2.58. The third-order valence-corrected chi connectivity index (χ3v) is 3.67. The highest BCUT2D eigenvalue weighted by Crippen LogP contribution is 2.34. The van der Waals surface area contributed by atoms with Crippen molar-refractivity contribution in [1.82, 2.24) is 5.32 Å². The van der Waals surface area contributed by atoms with E-state index >= 15 is 0 Å². The van der Waals surface area contributed by atoms with E-state index < -0.39 is 6.17 Å². The molecule has 0 radical (unpaired) electrons. The molecule has 1 aromatic carbocycles. The smallest absolute Gasteiger partial charge is 0.130 e. The van der Waals surface area contributed by atoms with Gasteiger partial charge >= 0.3 is 0 Å². The molecule has 0 aliphatic carbocycles. The summed E-state index contributed by atoms with van der Waals surface area (Å²) in [6, 6.07) is 7.57. The van der Waals surface area contributed by atoms with E-state index in [1.165, 1.54) is 0 Å². The van der Waals surface area contributed by atoms with E-state index in [4.69, 9.17) is 0 Å². The highest BCUT2D eigenvalue weighted by Gasteiger charge is 2.25. The zero-order valence-corrected chi connectivity index (χ0v) is 10.1. The van der Waals surface area contributed by atoms with Crippen molar-refractivity contribution in [2.75, 3.05) is 13.1 Å². The van der Waals surface area contributed by atoms with Gasteiger partial charge in [-0.25, -0.2) is 4.39 Å². The molecule has 1 nitrogen and oxygen atoms in total. The molecule has 0 spiro atoms. The van der Waals surface area contributed by atoms with Crippen LogP contribution in [0.1, 0.15) is 24.6 Å². The number of alkyl halides is 1. The van der Waals surface area contributed by atoms with E-state index in [-0.39, 0.29) is 5.92 Å². The van der Waals surface area contributed by atoms with Crippen LogP contribution in [0, 0.1) is 5.92 Å². The lowest BCUT2D eigenvalue weighted by atomic mass is 9.90. The molecule has 0 aromatic heterocycles. The van der Waals surface area contributed by atoms with E-state index in [0.717, 1.165) is 36.0 Å². The monoisotopic (exact) mass is 271 g/mol. The Hall–Kier alpha value is -0.410. The average Bonchev–Trinajstić information content (AvgIpc) is 2.30. The standard InChI is InChI=1S/C12H15BrFN/c13-11-6-2-1-5-10(11)12(14)9-4-3-7-15-8-9/h1-2,5-6,9,12,15H,3-4,7-8H2. The van der Waals surface area contributed by atoms with Gasteiger partial charge in [-0.3, -0.25) is 0 Å². The number of nitrogens with one attached hydrogen (secondary N) is 1. The fraction of sp³-hybridized carbons (Fsp3) is 0.500. The third kappa shape index (κ3) is 2.58. The minimum absolute atomic E-state index is 0.123. The maximum atomic E-state index is 14.2. The Morgan fingerprint density at radius 2 is 2.20 bits per heavy atom. The molecule has 1 saturated heterocycles. The normalized spacial score (nSPS) is 23.7. The summed E-state index contributed by atoms with van der Waals surface area (Å²) in [7, 11) is 0. The summed E-state index contributed by atoms with van der Waals surface area (Å²) in [5, 5.41) is 3.25. The van der Waals surface area contributed by atoms with Gasteiger partial charge in [0.15, 0.2) is 0 Å². The van der Waals surface area contributed by atoms with Gasteiger partial charge in [-0.1, -0.05) is 34.1 Å². The van der Waals surface area contributed by atoms with Crippen molar-refractivity contribution in [3.63, 3.8) is 0 Å². The van der Waals surface area contributed by atoms with Crippen LogP contribution in [0.5, 0.6) is 0 Å². The first-order valence-electron chi connectivity index (χ1n) is 5.38. The predicted molar refractivity (Wildman–Crippen MR) is 63.6 cm³/mol. The second-order valence-corrected chi connectivity index (χ2v) is 4.88. The molecular weight excluding hydrogens is 257 g/mol. The number of piperidine rings is 1. The molecule has 0 bridgehead atoms. The molecule has 3 heteroatoms. The fourth-order valence-electron chi connectivity index (χ4n) is 2.08. The van der Waals surface area contributed by atoms with Gasteiger partial charge in [0.2, 0.25) is 0 Å². The topological polar surface area (TPSA) is 12.0 Å². The van der Waals surface area contributed by atoms with Crippen molar-refractivity contribution in [3.05, 3.63) is 34.3 Å². The first kappa shape index (κ1) is 11.1. The number of hydrogen-bond donors (Lipinski definition) is 1. The summed E-state index contributed by atoms with van der Waals surface area (Å²) in [5.41, 5.74) is 0.784. The summed E-state index contributed by atoms with van der Waals surface area (Å²) in [6.45, 7) is 1.82. The van der Waals surface area contributed by atoms with Crippen LogP contribution >= 0.6 is 15.9 Å². The Kier molecular flexibility index (Phi) is 3.76. The van der Waals surface area contributed by atoms with E-state index in [2.05, 4.69) is 21.2 Å². The van der Waals surface area contributed by atoms with Gasteiger partial charge in [0.1, 0.15) is 6.17 Å². The van der Waals surface area contributed by atoms with Gasteiger partial charge in [0.05, 0.1) is 0 Å². The summed E-state index contributed by atoms with van der Waals surface area (Å²) < 4.78 is 15.1. The summed E-state index contributed by atoms with van der Waals surface area (Å²) in [4.78, 5) is 0. The van der Waals surface area contributed by atoms with Crippen molar-refractivity contribution in [3.8, 4) is 0 Å². The molecule has 1 aromatic rings. The molecule has 1 fully saturated rings. The van der Waals surface area contributed by atoms with Gasteiger partial charge in [-0.2, -0.15) is 0 Å². The SMILES string of the molecule is FC(c1ccccc1Br)C1CCCNC1. The average molecular weight is 272 g/mol. The predicted octanol–water partition coefficient (Wildman–Crippen LogP) is 3.46. The first-order chi connectivity index (χ1) is 7.29. The van der Waals surface area contributed by atoms with Gasteiger partial charge in [-0.15, -0.1) is 0 Å². The molecule has 1 aliphatic heterocycles. The van der Waals surface area contributed by atoms with E-state index in [9.17, 15) is 4.39 Å². The molecule has 0 saturated carbocycles. The maximum absolute atomic E-state index is 14.2. The molecule has 0 amide bonds. The van der Waals surface area contributed by atoms with Crippen LogP contribution in [0.4, 0.5) is 4.39 Å². The van der Waals surface area contributed by atoms with Crippen LogP contribution in [-0.2, 0) is 0 Å². The van der Waals surface area contributed by atoms with Crippen LogP contribution < -0.4 is 5.32 Å². The number of benzene rings is 1. The molecule has 1 aliphatic rings. The van der Waals surface area contributed by atoms with Crippen molar-refractivity contribution >= 4 is 15.9 Å². The molecule has 2 unspecified atom stereocenters. The quantitative estimate of drug-likeness (QED) is 0.869. The Morgan fingerprint density at radius 1 is 1.40 bits per heavy atom. The van der Waals surface area contributed by atoms with Gasteiger partial charge < -0.3 is 5.32 Å². The van der Waals surface area contributed by atoms with Gasteiger partial charge in [-0.05, 0) is 25.5 Å². The number of rotatable bonds is 2. The Bertz CT molecular complexity index is 323. The zero-order valence-electron chi connectivity index (χ0n) is 8.55. The minimum atomic E-state index is -0.853. The van der Waals surface area contributed by atoms with Crippen LogP contribution in [0.25, 0.3) is 0 Å². The first-order valence-corrected chi connectivity index (χ1v) is 6.17. The van der Waals surface area contributed by atoms with E-state index in [0.29, 0.717) is 0 Å². The lowest BCUT2D eigenvalue weighted by Crippen LogP contribution is -2.32. The van der Waals surface area contributed by atoms with Crippen molar-refractivity contribution in [2.45, 2.75) is 19.0 Å². The highest BCUT2D eigenvalue weighted by molar-refractivity contribution is 9.10. The summed E-state index contributed by atoms with van der Waals surface area (Å²) in [5.74, 6) is 0.123. The number of halogens is 2. The second kappa shape index (κ2) is 5.08. The minimum Gasteiger partial charge on any atom is -0.316 e. The lowest BCUT2D eigenvalue weighted by molar-refractivity contribution is 0.194. The second-order valence-electron chi connectivity index (χ2n) is 4.03. The van der Waals surface area contributed by atoms with E-state index in [1.54, 1.807) is 0 Å². The lowest BCUT2D eigenvalue weighted by Gasteiger charge is -2.26. The Balaban J connectivity index is 2.12. The summed E-state index contributed by atoms with van der Waals surface area (Å²) >= 11 is 3.40. The van der Waals surface area contributed by atoms with E-state index in [1.807, 2.05) is 24.3 Å². The van der Waals surface area contributed by atoms with Crippen molar-refractivity contribution in [1.29, 1.82) is 0 Å². The van der Waals surface area contributed by atoms with Crippen molar-refractivity contribution < 1.29 is 4.39 Å². The number of hydrogen-bond acceptors (Lipinski definition) is 1. The zero-order chi connectivity index (χ0) is 10.7. The molecule has 1 heterocycles. The molecule has 82 valence electrons. The van der Waals surface area contributed by atoms with Crippen LogP contribution in [0.2, 0.25) is 0 Å². The summed E-state index contributed by atoms with van der Waals surface area (Å²) in [6.07, 6.45) is 1.21. The third-order valence-electron chi connectivity index (χ3n) is 2.95. The molecular formula is C12H15BrFN. The van der Waals surface area contributed by atoms with Gasteiger partial charge in [0, 0.05) is 22.5 Å². The maximum Gasteiger partial charge on any atom is 0.130 e.